The van der Waals surface area contributed by atoms with Crippen LogP contribution in [0.5, 0.6) is 0 Å². The number of nitrogens with zero attached hydrogens (tertiary/aromatic N) is 2. The number of aliphatic hydroxyl groups is 1. The van der Waals surface area contributed by atoms with Crippen molar-refractivity contribution < 1.29 is 28.0 Å². The lowest BCUT2D eigenvalue weighted by molar-refractivity contribution is -0.144. The maximum Gasteiger partial charge on any atom is 0.230 e. The molecule has 0 saturated carbocycles. The van der Waals surface area contributed by atoms with E-state index in [1.165, 1.54) is 4.90 Å². The van der Waals surface area contributed by atoms with Crippen LogP contribution >= 0.6 is 0 Å². The first-order valence-corrected chi connectivity index (χ1v) is 26.2. The Labute approximate surface area is 295 Å². The lowest BCUT2D eigenvalue weighted by Gasteiger charge is -2.45. The molecule has 0 rings (SSSR count). The Hall–Kier alpha value is -0.569. The Morgan fingerprint density at radius 2 is 0.851 bits per heavy atom. The molecule has 0 bridgehead atoms. The van der Waals surface area contributed by atoms with Gasteiger partial charge in [0.15, 0.2) is 25.0 Å². The minimum Gasteiger partial charge on any atom is -0.417 e. The molecule has 0 unspecified atom stereocenters. The van der Waals surface area contributed by atoms with Gasteiger partial charge in [0, 0.05) is 41.4 Å². The molecule has 2 atom stereocenters. The molecule has 0 aliphatic heterocycles. The highest BCUT2D eigenvalue weighted by molar-refractivity contribution is 6.75. The van der Waals surface area contributed by atoms with Crippen molar-refractivity contribution in [2.24, 2.45) is 10.8 Å². The Balaban J connectivity index is 0. The van der Waals surface area contributed by atoms with Crippen molar-refractivity contribution in [3.63, 3.8) is 0 Å². The molecule has 47 heavy (non-hydrogen) atoms. The van der Waals surface area contributed by atoms with E-state index < -0.39 is 41.9 Å². The highest BCUT2D eigenvalue weighted by atomic mass is 28.4. The molecular formula is C36H80N2O6Si3. The van der Waals surface area contributed by atoms with Gasteiger partial charge in [0.05, 0.1) is 23.0 Å². The summed E-state index contributed by atoms with van der Waals surface area (Å²) in [7, 11) is 1.45. The standard InChI is InChI=1S/C21H47NO3Si2.C15H33NO3Si/c1-19(2,3)26(11,12)24-16-15-17(21(7,8)18(23)22(9)10)25-27(13,14)20(4,5)6;1-14(2,3)20(8,9)19-11-10-12(17)15(4,5)13(18)16(6)7/h17H,15-16H2,1-14H3;12,17H,10-11H2,1-9H3/t17-;12-/m10/s1. The summed E-state index contributed by atoms with van der Waals surface area (Å²) in [6.45, 7) is 42.2. The number of hydrogen-bond acceptors (Lipinski definition) is 6. The van der Waals surface area contributed by atoms with Crippen LogP contribution in [0.25, 0.3) is 0 Å². The molecule has 0 radical (unpaired) electrons. The zero-order valence-corrected chi connectivity index (χ0v) is 38.4. The monoisotopic (exact) mass is 721 g/mol. The quantitative estimate of drug-likeness (QED) is 0.181. The summed E-state index contributed by atoms with van der Waals surface area (Å²) in [6, 6.07) is 0. The number of aliphatic hydroxyl groups excluding tert-OH is 1. The van der Waals surface area contributed by atoms with E-state index in [0.29, 0.717) is 19.6 Å². The molecule has 0 aromatic carbocycles. The fourth-order valence-electron chi connectivity index (χ4n) is 4.17. The van der Waals surface area contributed by atoms with Crippen LogP contribution in [0.1, 0.15) is 103 Å². The third-order valence-electron chi connectivity index (χ3n) is 11.1. The molecule has 2 amide bonds. The maximum atomic E-state index is 12.9. The second-order valence-electron chi connectivity index (χ2n) is 19.5. The van der Waals surface area contributed by atoms with Crippen molar-refractivity contribution in [3.05, 3.63) is 0 Å². The van der Waals surface area contributed by atoms with Crippen LogP contribution in [0.3, 0.4) is 0 Å². The predicted molar refractivity (Wildman–Crippen MR) is 209 cm³/mol. The van der Waals surface area contributed by atoms with Crippen molar-refractivity contribution in [2.45, 2.75) is 169 Å². The van der Waals surface area contributed by atoms with Crippen LogP contribution < -0.4 is 0 Å². The second-order valence-corrected chi connectivity index (χ2v) is 33.9. The number of carbonyl (C=O) groups is 2. The van der Waals surface area contributed by atoms with E-state index in [4.69, 9.17) is 13.3 Å². The summed E-state index contributed by atoms with van der Waals surface area (Å²) in [6.07, 6.45) is 0.380. The van der Waals surface area contributed by atoms with Crippen LogP contribution in [0.4, 0.5) is 0 Å². The van der Waals surface area contributed by atoms with E-state index in [2.05, 4.69) is 102 Å². The van der Waals surface area contributed by atoms with Crippen molar-refractivity contribution in [2.75, 3.05) is 41.4 Å². The van der Waals surface area contributed by atoms with Crippen LogP contribution in [-0.2, 0) is 22.9 Å². The smallest absolute Gasteiger partial charge is 0.230 e. The van der Waals surface area contributed by atoms with Crippen molar-refractivity contribution in [1.82, 2.24) is 9.80 Å². The Kier molecular flexibility index (Phi) is 17.7. The van der Waals surface area contributed by atoms with E-state index in [1.807, 2.05) is 27.9 Å². The molecular weight excluding hydrogens is 641 g/mol. The summed E-state index contributed by atoms with van der Waals surface area (Å²) < 4.78 is 19.2. The highest BCUT2D eigenvalue weighted by Crippen LogP contribution is 2.42. The molecule has 0 heterocycles. The zero-order valence-electron chi connectivity index (χ0n) is 35.4. The van der Waals surface area contributed by atoms with Gasteiger partial charge < -0.3 is 28.2 Å². The van der Waals surface area contributed by atoms with Gasteiger partial charge in [-0.05, 0) is 94.9 Å². The maximum absolute atomic E-state index is 12.9. The van der Waals surface area contributed by atoms with E-state index in [1.54, 1.807) is 32.8 Å². The summed E-state index contributed by atoms with van der Waals surface area (Å²) >= 11 is 0. The van der Waals surface area contributed by atoms with Crippen LogP contribution in [0, 0.1) is 10.8 Å². The molecule has 11 heteroatoms. The lowest BCUT2D eigenvalue weighted by atomic mass is 9.83. The van der Waals surface area contributed by atoms with Gasteiger partial charge in [-0.1, -0.05) is 62.3 Å². The minimum absolute atomic E-state index is 0.0580. The molecule has 0 aromatic heterocycles. The zero-order chi connectivity index (χ0) is 38.4. The molecule has 0 aliphatic carbocycles. The Morgan fingerprint density at radius 3 is 1.15 bits per heavy atom. The SMILES string of the molecule is CN(C)C(=O)C(C)(C)[C@@H](CCO[Si](C)(C)C(C)(C)C)O[Si](C)(C)C(C)(C)C.CN(C)C(=O)C(C)(C)[C@@H](O)CCO[Si](C)(C)C(C)(C)C. The van der Waals surface area contributed by atoms with Gasteiger partial charge in [0.25, 0.3) is 0 Å². The lowest BCUT2D eigenvalue weighted by Crippen LogP contribution is -2.53. The molecule has 0 aromatic rings. The molecule has 0 saturated heterocycles. The largest absolute Gasteiger partial charge is 0.417 e. The van der Waals surface area contributed by atoms with Gasteiger partial charge in [-0.15, -0.1) is 0 Å². The first kappa shape index (κ1) is 48.5. The van der Waals surface area contributed by atoms with Crippen LogP contribution in [-0.4, -0.2) is 105 Å². The summed E-state index contributed by atoms with van der Waals surface area (Å²) in [4.78, 5) is 28.2. The van der Waals surface area contributed by atoms with E-state index in [-0.39, 0.29) is 33.0 Å². The van der Waals surface area contributed by atoms with Crippen molar-refractivity contribution in [3.8, 4) is 0 Å². The topological polar surface area (TPSA) is 88.5 Å². The number of carbonyl (C=O) groups excluding carboxylic acids is 2. The van der Waals surface area contributed by atoms with E-state index >= 15 is 0 Å². The van der Waals surface area contributed by atoms with Gasteiger partial charge in [-0.3, -0.25) is 9.59 Å². The van der Waals surface area contributed by atoms with Crippen molar-refractivity contribution >= 4 is 36.8 Å². The molecule has 8 nitrogen and oxygen atoms in total. The Morgan fingerprint density at radius 1 is 0.553 bits per heavy atom. The minimum atomic E-state index is -2.01. The van der Waals surface area contributed by atoms with Crippen LogP contribution in [0.15, 0.2) is 0 Å². The van der Waals surface area contributed by atoms with Gasteiger partial charge in [-0.2, -0.15) is 0 Å². The van der Waals surface area contributed by atoms with Crippen LogP contribution in [0.2, 0.25) is 54.4 Å². The molecule has 0 spiro atoms. The fraction of sp³-hybridized carbons (Fsp3) is 0.944. The van der Waals surface area contributed by atoms with E-state index in [9.17, 15) is 14.7 Å². The summed E-state index contributed by atoms with van der Waals surface area (Å²) in [5, 5.41) is 10.7. The Bertz CT molecular complexity index is 988. The average molecular weight is 721 g/mol. The first-order valence-electron chi connectivity index (χ1n) is 17.5. The molecule has 1 N–H and O–H groups in total. The number of hydrogen-bond donors (Lipinski definition) is 1. The predicted octanol–water partition coefficient (Wildman–Crippen LogP) is 8.78. The fourth-order valence-corrected chi connectivity index (χ4v) is 7.77. The van der Waals surface area contributed by atoms with Gasteiger partial charge in [0.2, 0.25) is 11.8 Å². The summed E-state index contributed by atoms with van der Waals surface area (Å²) in [5.74, 6) is 0.0517. The molecule has 0 fully saturated rings. The van der Waals surface area contributed by atoms with Gasteiger partial charge in [-0.25, -0.2) is 0 Å². The third-order valence-corrected chi connectivity index (χ3v) is 24.7. The second kappa shape index (κ2) is 17.1. The van der Waals surface area contributed by atoms with E-state index in [0.717, 1.165) is 6.42 Å². The van der Waals surface area contributed by atoms with Gasteiger partial charge in [0.1, 0.15) is 0 Å². The van der Waals surface area contributed by atoms with Crippen molar-refractivity contribution in [1.29, 1.82) is 0 Å². The summed E-state index contributed by atoms with van der Waals surface area (Å²) in [5.41, 5.74) is -1.36. The van der Waals surface area contributed by atoms with Gasteiger partial charge >= 0.3 is 0 Å². The normalized spacial score (nSPS) is 15.4. The number of rotatable bonds is 14. The first-order chi connectivity index (χ1) is 20.4. The third kappa shape index (κ3) is 14.3. The molecule has 282 valence electrons. The average Bonchev–Trinajstić information content (AvgIpc) is 2.84. The molecule has 0 aliphatic rings. The number of amides is 2. The highest BCUT2D eigenvalue weighted by Gasteiger charge is 2.46.